The topological polar surface area (TPSA) is 75.7 Å². The van der Waals surface area contributed by atoms with Crippen LogP contribution in [0.25, 0.3) is 0 Å². The first-order valence-electron chi connectivity index (χ1n) is 10.3. The predicted molar refractivity (Wildman–Crippen MR) is 115 cm³/mol. The van der Waals surface area contributed by atoms with Crippen LogP contribution in [0.5, 0.6) is 0 Å². The van der Waals surface area contributed by atoms with Crippen molar-refractivity contribution >= 4 is 23.5 Å². The second-order valence-corrected chi connectivity index (χ2v) is 7.71. The van der Waals surface area contributed by atoms with Crippen molar-refractivity contribution in [3.8, 4) is 0 Å². The summed E-state index contributed by atoms with van der Waals surface area (Å²) in [6, 6.07) is 14.7. The van der Waals surface area contributed by atoms with Gasteiger partial charge in [-0.1, -0.05) is 48.9 Å². The number of carbonyl (C=O) groups is 3. The van der Waals surface area contributed by atoms with E-state index in [1.807, 2.05) is 38.1 Å². The predicted octanol–water partition coefficient (Wildman–Crippen LogP) is 3.93. The van der Waals surface area contributed by atoms with E-state index in [-0.39, 0.29) is 12.5 Å². The minimum Gasteiger partial charge on any atom is -0.446 e. The zero-order chi connectivity index (χ0) is 21.5. The molecule has 0 unspecified atom stereocenters. The molecule has 6 nitrogen and oxygen atoms in total. The maximum atomic E-state index is 13.1. The lowest BCUT2D eigenvalue weighted by atomic mass is 10.1. The fourth-order valence-electron chi connectivity index (χ4n) is 3.50. The maximum Gasteiger partial charge on any atom is 0.326 e. The van der Waals surface area contributed by atoms with Crippen LogP contribution in [0.1, 0.15) is 48.5 Å². The first kappa shape index (κ1) is 21.6. The molecule has 2 aromatic carbocycles. The Kier molecular flexibility index (Phi) is 7.22. The number of carbonyl (C=O) groups excluding carboxylic acids is 3. The molecule has 1 saturated heterocycles. The lowest BCUT2D eigenvalue weighted by Gasteiger charge is -2.23. The second kappa shape index (κ2) is 10.1. The Hall–Kier alpha value is -3.15. The van der Waals surface area contributed by atoms with Gasteiger partial charge in [0.1, 0.15) is 6.54 Å². The number of ether oxygens (including phenoxy) is 1. The number of aryl methyl sites for hydroxylation is 2. The maximum absolute atomic E-state index is 13.1. The Bertz CT molecular complexity index is 911. The van der Waals surface area contributed by atoms with Gasteiger partial charge < -0.3 is 15.0 Å². The Labute approximate surface area is 177 Å². The number of rotatable bonds is 6. The zero-order valence-corrected chi connectivity index (χ0v) is 17.5. The summed E-state index contributed by atoms with van der Waals surface area (Å²) in [5.74, 6) is -1.05. The molecular weight excluding hydrogens is 380 g/mol. The number of anilines is 1. The molecular formula is C24H28N2O4. The van der Waals surface area contributed by atoms with Crippen LogP contribution in [0.4, 0.5) is 5.69 Å². The van der Waals surface area contributed by atoms with Gasteiger partial charge in [-0.15, -0.1) is 0 Å². The summed E-state index contributed by atoms with van der Waals surface area (Å²) >= 11 is 0. The highest BCUT2D eigenvalue weighted by molar-refractivity contribution is 5.97. The molecule has 30 heavy (non-hydrogen) atoms. The summed E-state index contributed by atoms with van der Waals surface area (Å²) in [4.78, 5) is 39.4. The molecule has 3 rings (SSSR count). The standard InChI is InChI=1S/C24H28N2O4/c1-17-12-13-18(2)20(15-17)25-24(29)23(19-9-5-3-6-10-19)30-22(28)16-26-14-8-4-7-11-21(26)27/h3,5-6,9-10,12-13,15,23H,4,7-8,11,14,16H2,1-2H3,(H,25,29)/t23-/m0/s1. The van der Waals surface area contributed by atoms with E-state index in [4.69, 9.17) is 4.74 Å². The summed E-state index contributed by atoms with van der Waals surface area (Å²) in [6.07, 6.45) is 2.04. The highest BCUT2D eigenvalue weighted by Crippen LogP contribution is 2.23. The molecule has 0 bridgehead atoms. The van der Waals surface area contributed by atoms with E-state index < -0.39 is 18.0 Å². The van der Waals surface area contributed by atoms with E-state index in [9.17, 15) is 14.4 Å². The molecule has 1 fully saturated rings. The Morgan fingerprint density at radius 2 is 1.83 bits per heavy atom. The SMILES string of the molecule is Cc1ccc(C)c(NC(=O)[C@@H](OC(=O)CN2CCCCCC2=O)c2ccccc2)c1. The van der Waals surface area contributed by atoms with E-state index >= 15 is 0 Å². The number of amides is 2. The molecule has 0 saturated carbocycles. The normalized spacial score (nSPS) is 15.3. The molecule has 0 spiro atoms. The second-order valence-electron chi connectivity index (χ2n) is 7.71. The van der Waals surface area contributed by atoms with Crippen molar-refractivity contribution < 1.29 is 19.1 Å². The summed E-state index contributed by atoms with van der Waals surface area (Å²) < 4.78 is 5.59. The third-order valence-electron chi connectivity index (χ3n) is 5.23. The molecule has 2 aromatic rings. The Morgan fingerprint density at radius 3 is 2.60 bits per heavy atom. The van der Waals surface area contributed by atoms with E-state index in [0.29, 0.717) is 24.2 Å². The number of benzene rings is 2. The number of esters is 1. The summed E-state index contributed by atoms with van der Waals surface area (Å²) in [5.41, 5.74) is 3.20. The van der Waals surface area contributed by atoms with E-state index in [1.54, 1.807) is 24.3 Å². The number of nitrogens with zero attached hydrogens (tertiary/aromatic N) is 1. The first-order valence-corrected chi connectivity index (χ1v) is 10.3. The van der Waals surface area contributed by atoms with Gasteiger partial charge in [-0.05, 0) is 43.9 Å². The smallest absolute Gasteiger partial charge is 0.326 e. The largest absolute Gasteiger partial charge is 0.446 e. The van der Waals surface area contributed by atoms with E-state index in [0.717, 1.165) is 30.4 Å². The van der Waals surface area contributed by atoms with E-state index in [2.05, 4.69) is 5.32 Å². The van der Waals surface area contributed by atoms with Crippen molar-refractivity contribution in [2.75, 3.05) is 18.4 Å². The van der Waals surface area contributed by atoms with Crippen molar-refractivity contribution in [2.24, 2.45) is 0 Å². The highest BCUT2D eigenvalue weighted by atomic mass is 16.5. The average Bonchev–Trinajstić information content (AvgIpc) is 2.93. The van der Waals surface area contributed by atoms with Crippen LogP contribution >= 0.6 is 0 Å². The van der Waals surface area contributed by atoms with Crippen molar-refractivity contribution in [3.05, 3.63) is 65.2 Å². The van der Waals surface area contributed by atoms with Crippen LogP contribution in [-0.4, -0.2) is 35.8 Å². The summed E-state index contributed by atoms with van der Waals surface area (Å²) in [6.45, 7) is 4.25. The minimum absolute atomic E-state index is 0.0412. The summed E-state index contributed by atoms with van der Waals surface area (Å²) in [5, 5.41) is 2.88. The van der Waals surface area contributed by atoms with E-state index in [1.165, 1.54) is 4.90 Å². The van der Waals surface area contributed by atoms with Crippen LogP contribution in [0, 0.1) is 13.8 Å². The third kappa shape index (κ3) is 5.69. The number of nitrogens with one attached hydrogen (secondary N) is 1. The number of hydrogen-bond acceptors (Lipinski definition) is 4. The molecule has 1 N–H and O–H groups in total. The average molecular weight is 408 g/mol. The van der Waals surface area contributed by atoms with Gasteiger partial charge in [0, 0.05) is 24.2 Å². The summed E-state index contributed by atoms with van der Waals surface area (Å²) in [7, 11) is 0. The fourth-order valence-corrected chi connectivity index (χ4v) is 3.50. The van der Waals surface area contributed by atoms with Crippen LogP contribution in [0.15, 0.2) is 48.5 Å². The van der Waals surface area contributed by atoms with Gasteiger partial charge >= 0.3 is 5.97 Å². The lowest BCUT2D eigenvalue weighted by Crippen LogP contribution is -2.37. The minimum atomic E-state index is -1.10. The Balaban J connectivity index is 1.75. The first-order chi connectivity index (χ1) is 14.4. The lowest BCUT2D eigenvalue weighted by molar-refractivity contribution is -0.157. The molecule has 0 radical (unpaired) electrons. The molecule has 0 aliphatic carbocycles. The molecule has 1 aliphatic rings. The Morgan fingerprint density at radius 1 is 1.07 bits per heavy atom. The quantitative estimate of drug-likeness (QED) is 0.735. The molecule has 0 aromatic heterocycles. The van der Waals surface area contributed by atoms with Crippen LogP contribution < -0.4 is 5.32 Å². The number of hydrogen-bond donors (Lipinski definition) is 1. The van der Waals surface area contributed by atoms with Gasteiger partial charge in [0.15, 0.2) is 0 Å². The van der Waals surface area contributed by atoms with Gasteiger partial charge in [-0.3, -0.25) is 14.4 Å². The van der Waals surface area contributed by atoms with Crippen LogP contribution in [0.2, 0.25) is 0 Å². The monoisotopic (exact) mass is 408 g/mol. The fraction of sp³-hybridized carbons (Fsp3) is 0.375. The molecule has 158 valence electrons. The third-order valence-corrected chi connectivity index (χ3v) is 5.23. The van der Waals surface area contributed by atoms with Gasteiger partial charge in [-0.2, -0.15) is 0 Å². The van der Waals surface area contributed by atoms with Crippen LogP contribution in [0.3, 0.4) is 0 Å². The van der Waals surface area contributed by atoms with Gasteiger partial charge in [0.2, 0.25) is 12.0 Å². The van der Waals surface area contributed by atoms with Crippen molar-refractivity contribution in [1.29, 1.82) is 0 Å². The van der Waals surface area contributed by atoms with Gasteiger partial charge in [0.25, 0.3) is 5.91 Å². The van der Waals surface area contributed by atoms with Crippen LogP contribution in [-0.2, 0) is 19.1 Å². The molecule has 2 amide bonds. The molecule has 1 aliphatic heterocycles. The zero-order valence-electron chi connectivity index (χ0n) is 17.5. The van der Waals surface area contributed by atoms with Crippen molar-refractivity contribution in [1.82, 2.24) is 4.90 Å². The van der Waals surface area contributed by atoms with Gasteiger partial charge in [0.05, 0.1) is 0 Å². The highest BCUT2D eigenvalue weighted by Gasteiger charge is 2.27. The van der Waals surface area contributed by atoms with Crippen molar-refractivity contribution in [2.45, 2.75) is 45.6 Å². The van der Waals surface area contributed by atoms with Gasteiger partial charge in [-0.25, -0.2) is 0 Å². The van der Waals surface area contributed by atoms with Crippen molar-refractivity contribution in [3.63, 3.8) is 0 Å². The molecule has 6 heteroatoms. The number of likely N-dealkylation sites (tertiary alicyclic amines) is 1. The molecule has 1 atom stereocenters. The molecule has 1 heterocycles.